The van der Waals surface area contributed by atoms with E-state index in [1.54, 1.807) is 6.07 Å². The molecule has 1 saturated heterocycles. The highest BCUT2D eigenvalue weighted by molar-refractivity contribution is 7.85. The maximum absolute atomic E-state index is 12.8. The van der Waals surface area contributed by atoms with Crippen molar-refractivity contribution in [2.24, 2.45) is 0 Å². The number of anilines is 1. The minimum Gasteiger partial charge on any atom is -0.369 e. The van der Waals surface area contributed by atoms with Crippen LogP contribution >= 0.6 is 0 Å². The molecule has 0 saturated carbocycles. The van der Waals surface area contributed by atoms with Crippen molar-refractivity contribution in [3.05, 3.63) is 29.3 Å². The van der Waals surface area contributed by atoms with Crippen molar-refractivity contribution in [3.8, 4) is 12.3 Å². The topological polar surface area (TPSA) is 49.4 Å². The predicted octanol–water partition coefficient (Wildman–Crippen LogP) is 0.877. The lowest BCUT2D eigenvalue weighted by molar-refractivity contribution is 0.551. The zero-order valence-electron chi connectivity index (χ0n) is 10.4. The van der Waals surface area contributed by atoms with Crippen molar-refractivity contribution in [3.63, 3.8) is 0 Å². The second kappa shape index (κ2) is 5.59. The van der Waals surface area contributed by atoms with Crippen LogP contribution in [0.4, 0.5) is 9.57 Å². The van der Waals surface area contributed by atoms with Gasteiger partial charge in [-0.2, -0.15) is 8.42 Å². The lowest BCUT2D eigenvalue weighted by atomic mass is 10.1. The zero-order chi connectivity index (χ0) is 13.9. The Morgan fingerprint density at radius 3 is 2.58 bits per heavy atom. The van der Waals surface area contributed by atoms with Gasteiger partial charge in [0.2, 0.25) is 0 Å². The van der Waals surface area contributed by atoms with E-state index in [1.807, 2.05) is 6.07 Å². The average molecular weight is 282 g/mol. The lowest BCUT2D eigenvalue weighted by Crippen LogP contribution is -2.43. The lowest BCUT2D eigenvalue weighted by Gasteiger charge is -2.30. The first-order valence-corrected chi connectivity index (χ1v) is 7.52. The molecule has 0 atom stereocenters. The van der Waals surface area contributed by atoms with E-state index in [-0.39, 0.29) is 0 Å². The van der Waals surface area contributed by atoms with E-state index in [9.17, 15) is 12.3 Å². The van der Waals surface area contributed by atoms with Crippen LogP contribution in [0.1, 0.15) is 11.1 Å². The zero-order valence-corrected chi connectivity index (χ0v) is 11.2. The van der Waals surface area contributed by atoms with E-state index in [2.05, 4.69) is 16.1 Å². The van der Waals surface area contributed by atoms with E-state index in [0.29, 0.717) is 11.1 Å². The molecule has 1 fully saturated rings. The molecule has 4 nitrogen and oxygen atoms in total. The molecular formula is C13H15FN2O2S. The first-order valence-electron chi connectivity index (χ1n) is 5.96. The summed E-state index contributed by atoms with van der Waals surface area (Å²) in [6, 6.07) is 5.03. The fourth-order valence-electron chi connectivity index (χ4n) is 2.15. The average Bonchev–Trinajstić information content (AvgIpc) is 2.37. The Bertz CT molecular complexity index is 602. The Morgan fingerprint density at radius 2 is 2.00 bits per heavy atom. The maximum Gasteiger partial charge on any atom is 0.306 e. The number of nitrogens with one attached hydrogen (secondary N) is 1. The molecule has 1 aromatic carbocycles. The molecule has 0 bridgehead atoms. The van der Waals surface area contributed by atoms with Gasteiger partial charge in [-0.15, -0.1) is 10.3 Å². The van der Waals surface area contributed by atoms with Crippen LogP contribution in [0.15, 0.2) is 18.2 Å². The van der Waals surface area contributed by atoms with Crippen molar-refractivity contribution in [2.75, 3.05) is 31.1 Å². The first kappa shape index (κ1) is 13.8. The minimum absolute atomic E-state index is 0.381. The molecule has 0 unspecified atom stereocenters. The number of halogens is 1. The summed E-state index contributed by atoms with van der Waals surface area (Å²) in [4.78, 5) is 2.10. The van der Waals surface area contributed by atoms with E-state index in [1.165, 1.54) is 6.07 Å². The largest absolute Gasteiger partial charge is 0.369 e. The maximum atomic E-state index is 12.8. The second-order valence-electron chi connectivity index (χ2n) is 4.45. The summed E-state index contributed by atoms with van der Waals surface area (Å²) < 4.78 is 34.3. The number of nitrogens with zero attached hydrogens (tertiary/aromatic N) is 1. The summed E-state index contributed by atoms with van der Waals surface area (Å²) in [7, 11) is -4.55. The highest BCUT2D eigenvalue weighted by Gasteiger charge is 2.14. The van der Waals surface area contributed by atoms with Crippen LogP contribution in [0.5, 0.6) is 0 Å². The molecule has 102 valence electrons. The van der Waals surface area contributed by atoms with Gasteiger partial charge in [-0.1, -0.05) is 5.92 Å². The highest BCUT2D eigenvalue weighted by Crippen LogP contribution is 2.21. The van der Waals surface area contributed by atoms with Crippen LogP contribution < -0.4 is 10.2 Å². The van der Waals surface area contributed by atoms with E-state index < -0.39 is 16.0 Å². The summed E-state index contributed by atoms with van der Waals surface area (Å²) in [5, 5.41) is 3.23. The number of hydrogen-bond donors (Lipinski definition) is 1. The van der Waals surface area contributed by atoms with Gasteiger partial charge < -0.3 is 10.2 Å². The van der Waals surface area contributed by atoms with Crippen molar-refractivity contribution in [1.29, 1.82) is 0 Å². The van der Waals surface area contributed by atoms with Gasteiger partial charge in [-0.05, 0) is 23.8 Å². The Hall–Kier alpha value is -1.58. The quantitative estimate of drug-likeness (QED) is 0.660. The third kappa shape index (κ3) is 3.94. The molecule has 6 heteroatoms. The first-order chi connectivity index (χ1) is 8.98. The molecule has 0 spiro atoms. The molecule has 1 heterocycles. The van der Waals surface area contributed by atoms with Crippen molar-refractivity contribution >= 4 is 15.9 Å². The molecule has 1 N–H and O–H groups in total. The van der Waals surface area contributed by atoms with Gasteiger partial charge in [0.15, 0.2) is 0 Å². The van der Waals surface area contributed by atoms with Crippen LogP contribution in [0.3, 0.4) is 0 Å². The monoisotopic (exact) mass is 282 g/mol. The Labute approximate surface area is 112 Å². The van der Waals surface area contributed by atoms with E-state index >= 15 is 0 Å². The van der Waals surface area contributed by atoms with Gasteiger partial charge in [0.1, 0.15) is 5.75 Å². The predicted molar refractivity (Wildman–Crippen MR) is 73.2 cm³/mol. The molecule has 2 rings (SSSR count). The van der Waals surface area contributed by atoms with Gasteiger partial charge in [0.25, 0.3) is 0 Å². The van der Waals surface area contributed by atoms with Crippen molar-refractivity contribution < 1.29 is 12.3 Å². The summed E-state index contributed by atoms with van der Waals surface area (Å²) >= 11 is 0. The third-order valence-corrected chi connectivity index (χ3v) is 3.64. The van der Waals surface area contributed by atoms with Crippen molar-refractivity contribution in [2.45, 2.75) is 5.75 Å². The van der Waals surface area contributed by atoms with Crippen LogP contribution in [0.25, 0.3) is 0 Å². The summed E-state index contributed by atoms with van der Waals surface area (Å²) in [6.45, 7) is 3.35. The Morgan fingerprint density at radius 1 is 1.32 bits per heavy atom. The van der Waals surface area contributed by atoms with Gasteiger partial charge in [0, 0.05) is 37.4 Å². The molecule has 19 heavy (non-hydrogen) atoms. The van der Waals surface area contributed by atoms with Gasteiger partial charge >= 0.3 is 10.2 Å². The highest BCUT2D eigenvalue weighted by atomic mass is 32.3. The standard InChI is InChI=1S/C13H15FN2O2S/c1-2-11-7-12(10-19(14,17)18)9-13(8-11)16-5-3-15-4-6-16/h1,7-9,15H,3-6,10H2. The van der Waals surface area contributed by atoms with E-state index in [4.69, 9.17) is 6.42 Å². The number of piperazine rings is 1. The van der Waals surface area contributed by atoms with Crippen molar-refractivity contribution in [1.82, 2.24) is 5.32 Å². The summed E-state index contributed by atoms with van der Waals surface area (Å²) in [5.41, 5.74) is 1.79. The summed E-state index contributed by atoms with van der Waals surface area (Å²) in [5.74, 6) is 1.84. The molecule has 0 amide bonds. The molecule has 1 aliphatic rings. The Kier molecular flexibility index (Phi) is 4.08. The fourth-order valence-corrected chi connectivity index (χ4v) is 2.71. The SMILES string of the molecule is C#Cc1cc(CS(=O)(=O)F)cc(N2CCNCC2)c1. The third-order valence-electron chi connectivity index (χ3n) is 2.97. The van der Waals surface area contributed by atoms with Gasteiger partial charge in [-0.25, -0.2) is 0 Å². The number of benzene rings is 1. The molecule has 1 aliphatic heterocycles. The Balaban J connectivity index is 2.33. The molecule has 1 aromatic rings. The molecular weight excluding hydrogens is 267 g/mol. The fraction of sp³-hybridized carbons (Fsp3) is 0.385. The normalized spacial score (nSPS) is 16.1. The van der Waals surface area contributed by atoms with Crippen LogP contribution in [0, 0.1) is 12.3 Å². The number of hydrogen-bond acceptors (Lipinski definition) is 4. The van der Waals surface area contributed by atoms with Crippen LogP contribution in [-0.4, -0.2) is 34.6 Å². The van der Waals surface area contributed by atoms with E-state index in [0.717, 1.165) is 31.9 Å². The summed E-state index contributed by atoms with van der Waals surface area (Å²) in [6.07, 6.45) is 5.36. The number of rotatable bonds is 3. The molecule has 0 radical (unpaired) electrons. The second-order valence-corrected chi connectivity index (χ2v) is 5.82. The smallest absolute Gasteiger partial charge is 0.306 e. The van der Waals surface area contributed by atoms with Gasteiger partial charge in [0.05, 0.1) is 0 Å². The molecule has 0 aliphatic carbocycles. The molecule has 0 aromatic heterocycles. The van der Waals surface area contributed by atoms with Gasteiger partial charge in [-0.3, -0.25) is 0 Å². The minimum atomic E-state index is -4.55. The van der Waals surface area contributed by atoms with Crippen LogP contribution in [0.2, 0.25) is 0 Å². The van der Waals surface area contributed by atoms with Crippen LogP contribution in [-0.2, 0) is 16.0 Å². The number of terminal acetylenes is 1.